The molecule has 1 unspecified atom stereocenters. The van der Waals surface area contributed by atoms with Gasteiger partial charge in [-0.15, -0.1) is 0 Å². The molecule has 1 amide bonds. The topological polar surface area (TPSA) is 166 Å². The van der Waals surface area contributed by atoms with Gasteiger partial charge in [0.05, 0.1) is 24.7 Å². The molecule has 3 aromatic rings. The Bertz CT molecular complexity index is 1140. The van der Waals surface area contributed by atoms with E-state index >= 15 is 0 Å². The third-order valence-electron chi connectivity index (χ3n) is 4.78. The van der Waals surface area contributed by atoms with Crippen molar-refractivity contribution in [1.29, 1.82) is 0 Å². The molecule has 0 aliphatic heterocycles. The summed E-state index contributed by atoms with van der Waals surface area (Å²) in [6.07, 6.45) is 3.20. The van der Waals surface area contributed by atoms with Crippen LogP contribution in [-0.4, -0.2) is 69.2 Å². The first kappa shape index (κ1) is 24.8. The molecule has 1 atom stereocenters. The van der Waals surface area contributed by atoms with Crippen LogP contribution in [0.4, 0.5) is 11.8 Å². The molecule has 3 rings (SSSR count). The maximum absolute atomic E-state index is 11.7. The molecule has 5 N–H and O–H groups in total. The zero-order valence-electron chi connectivity index (χ0n) is 20.3. The number of imidazole rings is 1. The Morgan fingerprint density at radius 2 is 1.94 bits per heavy atom. The van der Waals surface area contributed by atoms with Gasteiger partial charge in [0.25, 0.3) is 5.88 Å². The molecule has 34 heavy (non-hydrogen) atoms. The molecular weight excluding hydrogens is 438 g/mol. The van der Waals surface area contributed by atoms with Gasteiger partial charge in [0.1, 0.15) is 23.8 Å². The third-order valence-corrected chi connectivity index (χ3v) is 4.78. The second kappa shape index (κ2) is 10.4. The fourth-order valence-electron chi connectivity index (χ4n) is 3.07. The van der Waals surface area contributed by atoms with Crippen LogP contribution in [0.5, 0.6) is 5.88 Å². The van der Waals surface area contributed by atoms with E-state index in [2.05, 4.69) is 56.3 Å². The molecular formula is C22H31N9O3. The summed E-state index contributed by atoms with van der Waals surface area (Å²) in [6, 6.07) is 1.63. The predicted octanol–water partition coefficient (Wildman–Crippen LogP) is 1.78. The van der Waals surface area contributed by atoms with E-state index in [1.54, 1.807) is 18.5 Å². The van der Waals surface area contributed by atoms with E-state index in [0.29, 0.717) is 35.3 Å². The van der Waals surface area contributed by atoms with E-state index in [9.17, 15) is 4.79 Å². The fourth-order valence-corrected chi connectivity index (χ4v) is 3.07. The Morgan fingerprint density at radius 3 is 2.62 bits per heavy atom. The van der Waals surface area contributed by atoms with Gasteiger partial charge in [-0.1, -0.05) is 20.8 Å². The summed E-state index contributed by atoms with van der Waals surface area (Å²) in [5, 5.41) is 5.98. The highest BCUT2D eigenvalue weighted by atomic mass is 16.5. The minimum Gasteiger partial charge on any atom is -0.478 e. The summed E-state index contributed by atoms with van der Waals surface area (Å²) in [5.41, 5.74) is 7.93. The van der Waals surface area contributed by atoms with Crippen molar-refractivity contribution in [2.45, 2.75) is 39.2 Å². The molecule has 0 saturated carbocycles. The second-order valence-corrected chi connectivity index (χ2v) is 8.76. The van der Waals surface area contributed by atoms with Crippen LogP contribution in [0.15, 0.2) is 18.5 Å². The molecule has 182 valence electrons. The predicted molar refractivity (Wildman–Crippen MR) is 128 cm³/mol. The molecule has 0 aliphatic rings. The summed E-state index contributed by atoms with van der Waals surface area (Å²) in [5.74, 6) is 1.39. The summed E-state index contributed by atoms with van der Waals surface area (Å²) < 4.78 is 10.1. The minimum atomic E-state index is -0.248. The quantitative estimate of drug-likeness (QED) is 0.363. The van der Waals surface area contributed by atoms with Gasteiger partial charge in [-0.3, -0.25) is 4.79 Å². The average molecular weight is 470 g/mol. The molecule has 0 aliphatic carbocycles. The van der Waals surface area contributed by atoms with Gasteiger partial charge in [0.15, 0.2) is 5.82 Å². The number of carbonyl (C=O) groups is 1. The highest BCUT2D eigenvalue weighted by molar-refractivity contribution is 5.77. The molecule has 0 saturated heterocycles. The number of nitrogen functional groups attached to an aromatic ring is 1. The summed E-state index contributed by atoms with van der Waals surface area (Å²) in [4.78, 5) is 37.4. The van der Waals surface area contributed by atoms with Crippen molar-refractivity contribution in [3.8, 4) is 28.7 Å². The highest BCUT2D eigenvalue weighted by Gasteiger charge is 2.24. The van der Waals surface area contributed by atoms with Crippen LogP contribution < -0.4 is 21.1 Å². The van der Waals surface area contributed by atoms with Gasteiger partial charge in [0.2, 0.25) is 11.9 Å². The number of nitrogens with zero attached hydrogens (tertiary/aromatic N) is 5. The molecule has 12 nitrogen and oxygen atoms in total. The Labute approximate surface area is 198 Å². The maximum atomic E-state index is 11.7. The number of hydrogen-bond donors (Lipinski definition) is 4. The van der Waals surface area contributed by atoms with Gasteiger partial charge in [-0.2, -0.15) is 0 Å². The number of rotatable bonds is 9. The summed E-state index contributed by atoms with van der Waals surface area (Å²) in [7, 11) is 2.96. The third kappa shape index (κ3) is 5.95. The number of aromatic amines is 1. The number of H-pyrrole nitrogens is 1. The number of carbonyl (C=O) groups excluding carboxylic acids is 1. The van der Waals surface area contributed by atoms with Gasteiger partial charge in [0, 0.05) is 31.3 Å². The van der Waals surface area contributed by atoms with Crippen molar-refractivity contribution in [3.63, 3.8) is 0 Å². The molecule has 12 heteroatoms. The van der Waals surface area contributed by atoms with Gasteiger partial charge in [-0.25, -0.2) is 24.9 Å². The fraction of sp³-hybridized carbons (Fsp3) is 0.455. The van der Waals surface area contributed by atoms with Crippen molar-refractivity contribution in [2.75, 3.05) is 38.4 Å². The lowest BCUT2D eigenvalue weighted by atomic mass is 9.96. The maximum Gasteiger partial charge on any atom is 0.257 e. The second-order valence-electron chi connectivity index (χ2n) is 8.76. The zero-order chi connectivity index (χ0) is 24.9. The monoisotopic (exact) mass is 469 g/mol. The van der Waals surface area contributed by atoms with Crippen LogP contribution in [0, 0.1) is 0 Å². The highest BCUT2D eigenvalue weighted by Crippen LogP contribution is 2.33. The van der Waals surface area contributed by atoms with Crippen LogP contribution >= 0.6 is 0 Å². The van der Waals surface area contributed by atoms with E-state index in [1.807, 2.05) is 6.92 Å². The summed E-state index contributed by atoms with van der Waals surface area (Å²) >= 11 is 0. The minimum absolute atomic E-state index is 0.00779. The average Bonchev–Trinajstić information content (AvgIpc) is 3.24. The van der Waals surface area contributed by atoms with Crippen molar-refractivity contribution in [1.82, 2.24) is 35.2 Å². The first-order valence-corrected chi connectivity index (χ1v) is 10.7. The van der Waals surface area contributed by atoms with Crippen LogP contribution in [0.1, 0.15) is 33.5 Å². The van der Waals surface area contributed by atoms with Crippen LogP contribution in [0.2, 0.25) is 0 Å². The number of anilines is 2. The number of aromatic nitrogens is 6. The Balaban J connectivity index is 1.92. The normalized spacial score (nSPS) is 12.3. The first-order chi connectivity index (χ1) is 16.1. The lowest BCUT2D eigenvalue weighted by Crippen LogP contribution is -2.39. The number of amides is 1. The molecule has 0 bridgehead atoms. The molecule has 0 spiro atoms. The van der Waals surface area contributed by atoms with Gasteiger partial charge in [-0.05, 0) is 13.0 Å². The van der Waals surface area contributed by atoms with E-state index in [1.165, 1.54) is 14.2 Å². The van der Waals surface area contributed by atoms with E-state index < -0.39 is 0 Å². The van der Waals surface area contributed by atoms with Gasteiger partial charge < -0.3 is 30.8 Å². The molecule has 3 aromatic heterocycles. The van der Waals surface area contributed by atoms with E-state index in [0.717, 1.165) is 5.82 Å². The Hall–Kier alpha value is -3.80. The smallest absolute Gasteiger partial charge is 0.257 e. The van der Waals surface area contributed by atoms with Crippen LogP contribution in [0.3, 0.4) is 0 Å². The van der Waals surface area contributed by atoms with E-state index in [4.69, 9.17) is 20.2 Å². The lowest BCUT2D eigenvalue weighted by Gasteiger charge is -2.15. The number of methoxy groups -OCH3 is 2. The lowest BCUT2D eigenvalue weighted by molar-refractivity contribution is -0.125. The largest absolute Gasteiger partial charge is 0.478 e. The van der Waals surface area contributed by atoms with Crippen molar-refractivity contribution in [3.05, 3.63) is 24.3 Å². The van der Waals surface area contributed by atoms with Crippen molar-refractivity contribution in [2.24, 2.45) is 0 Å². The van der Waals surface area contributed by atoms with Crippen molar-refractivity contribution >= 4 is 17.7 Å². The van der Waals surface area contributed by atoms with Crippen molar-refractivity contribution < 1.29 is 14.3 Å². The van der Waals surface area contributed by atoms with E-state index in [-0.39, 0.29) is 35.7 Å². The number of ether oxygens (including phenoxy) is 2. The number of nitrogens with two attached hydrogens (primary N) is 1. The SMILES string of the molecule is COCC(=O)NC(C)CNc1nccc(-c2[nH]c(C(C)(C)C)nc2-c2cnc(N)c(OC)n2)n1. The molecule has 3 heterocycles. The Morgan fingerprint density at radius 1 is 1.18 bits per heavy atom. The van der Waals surface area contributed by atoms with Crippen LogP contribution in [-0.2, 0) is 14.9 Å². The Kier molecular flexibility index (Phi) is 7.61. The summed E-state index contributed by atoms with van der Waals surface area (Å²) in [6.45, 7) is 8.49. The zero-order valence-corrected chi connectivity index (χ0v) is 20.3. The van der Waals surface area contributed by atoms with Gasteiger partial charge >= 0.3 is 0 Å². The molecule has 0 radical (unpaired) electrons. The number of nitrogens with one attached hydrogen (secondary N) is 3. The molecule has 0 fully saturated rings. The first-order valence-electron chi connectivity index (χ1n) is 10.7. The standard InChI is InChI=1S/C22H31N9O3/c1-12(27-15(32)11-33-5)9-26-21-24-8-7-13(29-21)16-17(31-20(30-16)22(2,3)4)14-10-25-18(23)19(28-14)34-6/h7-8,10,12H,9,11H2,1-6H3,(H2,23,25)(H,27,32)(H,30,31)(H,24,26,29). The number of hydrogen-bond acceptors (Lipinski definition) is 10. The molecule has 0 aromatic carbocycles. The van der Waals surface area contributed by atoms with Crippen LogP contribution in [0.25, 0.3) is 22.8 Å².